The Hall–Kier alpha value is -3.91. The van der Waals surface area contributed by atoms with Crippen molar-refractivity contribution < 1.29 is 27.9 Å². The average Bonchev–Trinajstić information content (AvgIpc) is 2.87. The molecule has 0 radical (unpaired) electrons. The van der Waals surface area contributed by atoms with E-state index in [1.165, 1.54) is 68.4 Å². The van der Waals surface area contributed by atoms with Gasteiger partial charge in [0.1, 0.15) is 5.75 Å². The number of nitrogens with one attached hydrogen (secondary N) is 1. The summed E-state index contributed by atoms with van der Waals surface area (Å²) < 4.78 is 33.7. The van der Waals surface area contributed by atoms with Crippen molar-refractivity contribution in [3.63, 3.8) is 0 Å². The lowest BCUT2D eigenvalue weighted by Crippen LogP contribution is -2.25. The number of ketones is 1. The van der Waals surface area contributed by atoms with Crippen LogP contribution in [0.25, 0.3) is 0 Å². The van der Waals surface area contributed by atoms with E-state index in [0.717, 1.165) is 0 Å². The Labute approximate surface area is 235 Å². The van der Waals surface area contributed by atoms with E-state index in [1.54, 1.807) is 6.92 Å². The zero-order chi connectivity index (χ0) is 28.9. The molecule has 0 aliphatic heterocycles. The van der Waals surface area contributed by atoms with Crippen molar-refractivity contribution in [2.24, 2.45) is 10.3 Å². The van der Waals surface area contributed by atoms with Crippen LogP contribution in [0, 0.1) is 24.2 Å². The minimum atomic E-state index is -4.20. The number of carbonyl (C=O) groups excluding carboxylic acids is 2. The average molecular weight is 587 g/mol. The van der Waals surface area contributed by atoms with Gasteiger partial charge in [-0.3, -0.25) is 9.59 Å². The molecular weight excluding hydrogens is 565 g/mol. The molecule has 0 aliphatic carbocycles. The van der Waals surface area contributed by atoms with Crippen molar-refractivity contribution in [1.29, 1.82) is 5.26 Å². The fraction of sp³-hybridized carbons (Fsp3) is 0.185. The van der Waals surface area contributed by atoms with Gasteiger partial charge >= 0.3 is 0 Å². The minimum Gasteiger partial charge on any atom is -0.861 e. The molecule has 1 amide bonds. The Balaban J connectivity index is 1.76. The summed E-state index contributed by atoms with van der Waals surface area (Å²) >= 11 is 12.1. The standard InChI is InChI=1S/C27H23Cl2N3O6S/c1-15(2)27(35)32-39(36,37)21-5-6-23(16(3)8-21)31-25(33)14-38-24-7-4-19(28)12-22(24)26(34)18-9-17(13-30)10-20(29)11-18/h4-12,15H,14H2,1-3H3,(H,31,33)(H,32,35)/p-1. The van der Waals surface area contributed by atoms with Gasteiger partial charge < -0.3 is 15.2 Å². The lowest BCUT2D eigenvalue weighted by Gasteiger charge is -2.15. The molecule has 202 valence electrons. The highest BCUT2D eigenvalue weighted by Gasteiger charge is 2.19. The number of ether oxygens (including phenoxy) is 1. The van der Waals surface area contributed by atoms with E-state index in [-0.39, 0.29) is 37.4 Å². The predicted octanol–water partition coefficient (Wildman–Crippen LogP) is 4.53. The lowest BCUT2D eigenvalue weighted by molar-refractivity contribution is -0.222. The number of hydrogen-bond donors (Lipinski definition) is 1. The number of anilines is 1. The molecule has 0 atom stereocenters. The van der Waals surface area contributed by atoms with Crippen LogP contribution in [0.15, 0.2) is 63.9 Å². The molecule has 0 aliphatic rings. The maximum atomic E-state index is 13.2. The van der Waals surface area contributed by atoms with Crippen molar-refractivity contribution in [2.45, 2.75) is 25.7 Å². The smallest absolute Gasteiger partial charge is 0.281 e. The quantitative estimate of drug-likeness (QED) is 0.220. The number of sulfonamides is 1. The molecule has 0 unspecified atom stereocenters. The van der Waals surface area contributed by atoms with E-state index < -0.39 is 40.1 Å². The molecule has 0 bridgehead atoms. The third kappa shape index (κ3) is 7.57. The number of carbonyl (C=O) groups is 2. The monoisotopic (exact) mass is 586 g/mol. The molecule has 9 nitrogen and oxygen atoms in total. The summed E-state index contributed by atoms with van der Waals surface area (Å²) in [5.41, 5.74) is 1.13. The molecule has 0 heterocycles. The highest BCUT2D eigenvalue weighted by atomic mass is 35.5. The Morgan fingerprint density at radius 3 is 2.44 bits per heavy atom. The van der Waals surface area contributed by atoms with Crippen molar-refractivity contribution in [2.75, 3.05) is 11.9 Å². The van der Waals surface area contributed by atoms with Gasteiger partial charge in [-0.05, 0) is 78.9 Å². The van der Waals surface area contributed by atoms with Crippen molar-refractivity contribution in [1.82, 2.24) is 0 Å². The van der Waals surface area contributed by atoms with E-state index in [1.807, 2.05) is 6.07 Å². The lowest BCUT2D eigenvalue weighted by atomic mass is 10.0. The fourth-order valence-electron chi connectivity index (χ4n) is 3.29. The number of benzene rings is 3. The first-order valence-electron chi connectivity index (χ1n) is 11.4. The Morgan fingerprint density at radius 1 is 1.08 bits per heavy atom. The van der Waals surface area contributed by atoms with Crippen LogP contribution in [0.5, 0.6) is 5.75 Å². The molecule has 3 aromatic rings. The molecule has 0 saturated heterocycles. The molecule has 0 aromatic heterocycles. The Morgan fingerprint density at radius 2 is 1.79 bits per heavy atom. The minimum absolute atomic E-state index is 0.0619. The summed E-state index contributed by atoms with van der Waals surface area (Å²) in [7, 11) is -4.20. The van der Waals surface area contributed by atoms with Gasteiger partial charge in [-0.25, -0.2) is 0 Å². The summed E-state index contributed by atoms with van der Waals surface area (Å²) in [5, 5.41) is 24.0. The predicted molar refractivity (Wildman–Crippen MR) is 146 cm³/mol. The first kappa shape index (κ1) is 29.6. The van der Waals surface area contributed by atoms with Crippen LogP contribution in [0.1, 0.15) is 40.9 Å². The van der Waals surface area contributed by atoms with Crippen LogP contribution in [0.3, 0.4) is 0 Å². The molecule has 3 rings (SSSR count). The maximum absolute atomic E-state index is 13.2. The van der Waals surface area contributed by atoms with Gasteiger partial charge in [0.2, 0.25) is 0 Å². The van der Waals surface area contributed by atoms with Gasteiger partial charge in [0.05, 0.1) is 22.1 Å². The zero-order valence-electron chi connectivity index (χ0n) is 21.0. The molecule has 0 fully saturated rings. The van der Waals surface area contributed by atoms with Crippen LogP contribution in [-0.2, 0) is 14.8 Å². The number of amides is 1. The number of rotatable bonds is 9. The second kappa shape index (κ2) is 12.3. The van der Waals surface area contributed by atoms with Gasteiger partial charge in [0, 0.05) is 21.3 Å². The second-order valence-electron chi connectivity index (χ2n) is 8.68. The molecule has 1 N–H and O–H groups in total. The maximum Gasteiger partial charge on any atom is 0.281 e. The molecule has 39 heavy (non-hydrogen) atoms. The SMILES string of the molecule is Cc1cc(S(=O)(=O)/N=C(/[O-])C(C)C)ccc1NC(=O)COc1ccc(Cl)cc1C(=O)c1cc(Cl)cc(C#N)c1. The van der Waals surface area contributed by atoms with E-state index in [4.69, 9.17) is 27.9 Å². The van der Waals surface area contributed by atoms with Gasteiger partial charge in [-0.1, -0.05) is 37.0 Å². The summed E-state index contributed by atoms with van der Waals surface area (Å²) in [5.74, 6) is -2.36. The van der Waals surface area contributed by atoms with E-state index >= 15 is 0 Å². The zero-order valence-corrected chi connectivity index (χ0v) is 23.3. The molecule has 12 heteroatoms. The molecule has 0 saturated carbocycles. The number of aryl methyl sites for hydroxylation is 1. The summed E-state index contributed by atoms with van der Waals surface area (Å²) in [6.07, 6.45) is 0. The van der Waals surface area contributed by atoms with Crippen molar-refractivity contribution in [3.05, 3.63) is 86.9 Å². The Bertz CT molecular complexity index is 1630. The van der Waals surface area contributed by atoms with Crippen molar-refractivity contribution >= 4 is 56.5 Å². The number of nitrogens with zero attached hydrogens (tertiary/aromatic N) is 2. The fourth-order valence-corrected chi connectivity index (χ4v) is 4.82. The van der Waals surface area contributed by atoms with Gasteiger partial charge in [-0.2, -0.15) is 18.1 Å². The third-order valence-electron chi connectivity index (χ3n) is 5.31. The Kier molecular flexibility index (Phi) is 9.35. The molecule has 3 aromatic carbocycles. The van der Waals surface area contributed by atoms with Gasteiger partial charge in [0.25, 0.3) is 15.9 Å². The van der Waals surface area contributed by atoms with E-state index in [0.29, 0.717) is 11.3 Å². The molecular formula is C27H22Cl2N3O6S-. The summed E-state index contributed by atoms with van der Waals surface area (Å²) in [4.78, 5) is 25.6. The van der Waals surface area contributed by atoms with E-state index in [9.17, 15) is 28.4 Å². The van der Waals surface area contributed by atoms with Crippen LogP contribution in [-0.4, -0.2) is 32.6 Å². The first-order valence-corrected chi connectivity index (χ1v) is 13.6. The summed E-state index contributed by atoms with van der Waals surface area (Å²) in [6, 6.07) is 14.3. The topological polar surface area (TPSA) is 149 Å². The second-order valence-corrected chi connectivity index (χ2v) is 11.2. The number of nitriles is 1. The van der Waals surface area contributed by atoms with Crippen LogP contribution < -0.4 is 15.2 Å². The number of halogens is 2. The van der Waals surface area contributed by atoms with Crippen LogP contribution in [0.2, 0.25) is 10.0 Å². The van der Waals surface area contributed by atoms with Crippen LogP contribution in [0.4, 0.5) is 5.69 Å². The first-order chi connectivity index (χ1) is 18.3. The summed E-state index contributed by atoms with van der Waals surface area (Å²) in [6.45, 7) is 4.17. The molecule has 0 spiro atoms. The van der Waals surface area contributed by atoms with Crippen LogP contribution >= 0.6 is 23.2 Å². The van der Waals surface area contributed by atoms with Gasteiger partial charge in [0.15, 0.2) is 12.4 Å². The largest absolute Gasteiger partial charge is 0.861 e. The highest BCUT2D eigenvalue weighted by molar-refractivity contribution is 7.90. The normalized spacial score (nSPS) is 11.7. The highest BCUT2D eigenvalue weighted by Crippen LogP contribution is 2.27. The third-order valence-corrected chi connectivity index (χ3v) is 7.03. The number of hydrogen-bond acceptors (Lipinski definition) is 7. The van der Waals surface area contributed by atoms with Gasteiger partial charge in [-0.15, -0.1) is 0 Å². The van der Waals surface area contributed by atoms with Crippen molar-refractivity contribution in [3.8, 4) is 11.8 Å². The van der Waals surface area contributed by atoms with E-state index in [2.05, 4.69) is 9.71 Å².